The fourth-order valence-corrected chi connectivity index (χ4v) is 2.52. The van der Waals surface area contributed by atoms with Crippen molar-refractivity contribution in [2.45, 2.75) is 38.6 Å². The first kappa shape index (κ1) is 19.2. The summed E-state index contributed by atoms with van der Waals surface area (Å²) in [5.41, 5.74) is 0.898. The molecule has 0 unspecified atom stereocenters. The molecule has 0 atom stereocenters. The fraction of sp³-hybridized carbons (Fsp3) is 0.692. The average molecular weight is 323 g/mol. The van der Waals surface area contributed by atoms with Gasteiger partial charge in [-0.3, -0.25) is 9.89 Å². The normalized spacial score (nSPS) is 15.1. The fourth-order valence-electron chi connectivity index (χ4n) is 2.52. The van der Waals surface area contributed by atoms with Gasteiger partial charge in [0.1, 0.15) is 0 Å². The van der Waals surface area contributed by atoms with Gasteiger partial charge in [0.15, 0.2) is 0 Å². The van der Waals surface area contributed by atoms with Crippen molar-refractivity contribution < 1.29 is 4.79 Å². The van der Waals surface area contributed by atoms with Gasteiger partial charge in [-0.2, -0.15) is 5.10 Å². The Kier molecular flexibility index (Phi) is 9.63. The molecular formula is C13H24Cl2N4O. The number of nitrogens with one attached hydrogen (secondary N) is 2. The molecule has 116 valence electrons. The van der Waals surface area contributed by atoms with E-state index in [0.717, 1.165) is 44.6 Å². The maximum atomic E-state index is 12.4. The number of nitrogens with zero attached hydrogens (tertiary/aromatic N) is 2. The minimum Gasteiger partial charge on any atom is -0.339 e. The van der Waals surface area contributed by atoms with E-state index in [1.807, 2.05) is 6.07 Å². The molecule has 1 aliphatic heterocycles. The van der Waals surface area contributed by atoms with Crippen LogP contribution in [0.25, 0.3) is 0 Å². The summed E-state index contributed by atoms with van der Waals surface area (Å²) < 4.78 is 0. The number of aromatic amines is 1. The number of H-pyrrole nitrogens is 1. The van der Waals surface area contributed by atoms with Crippen molar-refractivity contribution >= 4 is 30.7 Å². The van der Waals surface area contributed by atoms with Crippen LogP contribution in [0.5, 0.6) is 0 Å². The Morgan fingerprint density at radius 1 is 1.40 bits per heavy atom. The van der Waals surface area contributed by atoms with Crippen LogP contribution in [0.2, 0.25) is 0 Å². The van der Waals surface area contributed by atoms with E-state index >= 15 is 0 Å². The van der Waals surface area contributed by atoms with Gasteiger partial charge in [0.25, 0.3) is 0 Å². The van der Waals surface area contributed by atoms with Crippen molar-refractivity contribution in [2.24, 2.45) is 0 Å². The molecule has 1 aromatic rings. The maximum absolute atomic E-state index is 12.4. The van der Waals surface area contributed by atoms with Gasteiger partial charge in [0.05, 0.1) is 6.42 Å². The van der Waals surface area contributed by atoms with Gasteiger partial charge in [0.2, 0.25) is 5.91 Å². The molecule has 5 nitrogen and oxygen atoms in total. The summed E-state index contributed by atoms with van der Waals surface area (Å²) in [5.74, 6) is 0.216. The summed E-state index contributed by atoms with van der Waals surface area (Å²) in [7, 11) is 0. The summed E-state index contributed by atoms with van der Waals surface area (Å²) in [6.45, 7) is 5.01. The summed E-state index contributed by atoms with van der Waals surface area (Å²) >= 11 is 0. The average Bonchev–Trinajstić information content (AvgIpc) is 2.89. The lowest BCUT2D eigenvalue weighted by Gasteiger charge is -2.34. The van der Waals surface area contributed by atoms with Crippen molar-refractivity contribution in [2.75, 3.05) is 19.6 Å². The number of piperidine rings is 1. The quantitative estimate of drug-likeness (QED) is 0.868. The van der Waals surface area contributed by atoms with Gasteiger partial charge in [-0.1, -0.05) is 6.92 Å². The van der Waals surface area contributed by atoms with Crippen LogP contribution in [0.3, 0.4) is 0 Å². The third-order valence-electron chi connectivity index (χ3n) is 3.43. The highest BCUT2D eigenvalue weighted by molar-refractivity contribution is 5.85. The number of rotatable bonds is 5. The highest BCUT2D eigenvalue weighted by Crippen LogP contribution is 2.14. The van der Waals surface area contributed by atoms with Gasteiger partial charge in [-0.05, 0) is 38.4 Å². The van der Waals surface area contributed by atoms with Crippen LogP contribution in [0.1, 0.15) is 31.9 Å². The third-order valence-corrected chi connectivity index (χ3v) is 3.43. The molecule has 0 aliphatic carbocycles. The molecule has 2 rings (SSSR count). The Morgan fingerprint density at radius 3 is 2.65 bits per heavy atom. The molecule has 1 saturated heterocycles. The predicted molar refractivity (Wildman–Crippen MR) is 84.7 cm³/mol. The number of carbonyl (C=O) groups is 1. The van der Waals surface area contributed by atoms with E-state index < -0.39 is 0 Å². The highest BCUT2D eigenvalue weighted by Gasteiger charge is 2.24. The van der Waals surface area contributed by atoms with Crippen molar-refractivity contribution in [1.82, 2.24) is 20.4 Å². The summed E-state index contributed by atoms with van der Waals surface area (Å²) in [5, 5.41) is 10.1. The minimum atomic E-state index is 0. The minimum absolute atomic E-state index is 0. The van der Waals surface area contributed by atoms with E-state index in [2.05, 4.69) is 27.3 Å². The number of halogens is 2. The van der Waals surface area contributed by atoms with E-state index in [9.17, 15) is 4.79 Å². The van der Waals surface area contributed by atoms with Gasteiger partial charge < -0.3 is 10.2 Å². The lowest BCUT2D eigenvalue weighted by atomic mass is 10.0. The van der Waals surface area contributed by atoms with Crippen LogP contribution in [0, 0.1) is 0 Å². The smallest absolute Gasteiger partial charge is 0.228 e. The molecule has 1 fully saturated rings. The van der Waals surface area contributed by atoms with Crippen molar-refractivity contribution in [1.29, 1.82) is 0 Å². The Morgan fingerprint density at radius 2 is 2.10 bits per heavy atom. The second-order valence-electron chi connectivity index (χ2n) is 4.83. The molecule has 2 N–H and O–H groups in total. The zero-order valence-corrected chi connectivity index (χ0v) is 13.4. The monoisotopic (exact) mass is 322 g/mol. The lowest BCUT2D eigenvalue weighted by molar-refractivity contribution is -0.133. The van der Waals surface area contributed by atoms with Gasteiger partial charge in [-0.15, -0.1) is 24.8 Å². The van der Waals surface area contributed by atoms with Gasteiger partial charge in [0, 0.05) is 24.5 Å². The highest BCUT2D eigenvalue weighted by atomic mass is 35.5. The van der Waals surface area contributed by atoms with Gasteiger partial charge >= 0.3 is 0 Å². The first-order valence-corrected chi connectivity index (χ1v) is 6.79. The Bertz CT molecular complexity index is 366. The van der Waals surface area contributed by atoms with E-state index in [4.69, 9.17) is 0 Å². The van der Waals surface area contributed by atoms with Crippen LogP contribution >= 0.6 is 24.8 Å². The zero-order chi connectivity index (χ0) is 12.8. The molecule has 0 aromatic carbocycles. The standard InChI is InChI=1S/C13H22N4O.2ClH/c1-2-9-17(12-4-6-14-7-5-12)13(18)10-11-3-8-15-16-11;;/h3,8,12,14H,2,4-7,9-10H2,1H3,(H,15,16);2*1H. The molecule has 1 amide bonds. The summed E-state index contributed by atoms with van der Waals surface area (Å²) in [4.78, 5) is 14.4. The molecule has 1 aliphatic rings. The molecular weight excluding hydrogens is 299 g/mol. The molecule has 0 bridgehead atoms. The first-order chi connectivity index (χ1) is 8.81. The second kappa shape index (κ2) is 10.0. The van der Waals surface area contributed by atoms with Crippen LogP contribution in [0.15, 0.2) is 12.3 Å². The largest absolute Gasteiger partial charge is 0.339 e. The summed E-state index contributed by atoms with van der Waals surface area (Å²) in [6.07, 6.45) is 5.27. The molecule has 0 spiro atoms. The lowest BCUT2D eigenvalue weighted by Crippen LogP contribution is -2.47. The molecule has 7 heteroatoms. The van der Waals surface area contributed by atoms with Crippen LogP contribution in [-0.2, 0) is 11.2 Å². The SMILES string of the molecule is CCCN(C(=O)Cc1ccn[nH]1)C1CCNCC1.Cl.Cl. The first-order valence-electron chi connectivity index (χ1n) is 6.79. The van der Waals surface area contributed by atoms with Crippen molar-refractivity contribution in [3.63, 3.8) is 0 Å². The number of amides is 1. The van der Waals surface area contributed by atoms with E-state index in [0.29, 0.717) is 12.5 Å². The molecule has 1 aromatic heterocycles. The predicted octanol–water partition coefficient (Wildman–Crippen LogP) is 1.79. The van der Waals surface area contributed by atoms with E-state index in [-0.39, 0.29) is 30.7 Å². The van der Waals surface area contributed by atoms with Crippen LogP contribution in [0.4, 0.5) is 0 Å². The van der Waals surface area contributed by atoms with Crippen molar-refractivity contribution in [3.05, 3.63) is 18.0 Å². The Labute approximate surface area is 132 Å². The van der Waals surface area contributed by atoms with Crippen molar-refractivity contribution in [3.8, 4) is 0 Å². The molecule has 0 saturated carbocycles. The van der Waals surface area contributed by atoms with Crippen LogP contribution < -0.4 is 5.32 Å². The molecule has 20 heavy (non-hydrogen) atoms. The van der Waals surface area contributed by atoms with Crippen LogP contribution in [-0.4, -0.2) is 46.7 Å². The number of hydrogen-bond donors (Lipinski definition) is 2. The topological polar surface area (TPSA) is 61.0 Å². The zero-order valence-electron chi connectivity index (χ0n) is 11.8. The maximum Gasteiger partial charge on any atom is 0.228 e. The van der Waals surface area contributed by atoms with E-state index in [1.54, 1.807) is 6.20 Å². The molecule has 0 radical (unpaired) electrons. The van der Waals surface area contributed by atoms with Gasteiger partial charge in [-0.25, -0.2) is 0 Å². The third kappa shape index (κ3) is 5.31. The number of aromatic nitrogens is 2. The Hall–Kier alpha value is -0.780. The Balaban J connectivity index is 0.00000180. The number of carbonyl (C=O) groups excluding carboxylic acids is 1. The molecule has 2 heterocycles. The van der Waals surface area contributed by atoms with E-state index in [1.165, 1.54) is 0 Å². The number of hydrogen-bond acceptors (Lipinski definition) is 3. The summed E-state index contributed by atoms with van der Waals surface area (Å²) in [6, 6.07) is 2.27. The second-order valence-corrected chi connectivity index (χ2v) is 4.83.